The summed E-state index contributed by atoms with van der Waals surface area (Å²) in [5.74, 6) is 2.64. The molecule has 2 heteroatoms. The van der Waals surface area contributed by atoms with Gasteiger partial charge in [0, 0.05) is 19.2 Å². The maximum absolute atomic E-state index is 5.36. The van der Waals surface area contributed by atoms with E-state index in [0.29, 0.717) is 0 Å². The number of nitrogens with one attached hydrogen (secondary N) is 1. The first-order valence-corrected chi connectivity index (χ1v) is 6.07. The Morgan fingerprint density at radius 2 is 2.14 bits per heavy atom. The van der Waals surface area contributed by atoms with Crippen molar-refractivity contribution in [3.05, 3.63) is 0 Å². The monoisotopic (exact) mass is 197 g/mol. The van der Waals surface area contributed by atoms with Crippen LogP contribution in [0.15, 0.2) is 0 Å². The lowest BCUT2D eigenvalue weighted by atomic mass is 9.73. The zero-order chi connectivity index (χ0) is 9.97. The number of hydrogen-bond acceptors (Lipinski definition) is 2. The van der Waals surface area contributed by atoms with E-state index in [1.165, 1.54) is 25.8 Å². The molecule has 0 aromatic rings. The Kier molecular flexibility index (Phi) is 3.45. The van der Waals surface area contributed by atoms with Gasteiger partial charge in [0.2, 0.25) is 0 Å². The van der Waals surface area contributed by atoms with Gasteiger partial charge in [-0.1, -0.05) is 13.8 Å². The van der Waals surface area contributed by atoms with Crippen molar-refractivity contribution in [1.82, 2.24) is 5.32 Å². The van der Waals surface area contributed by atoms with Gasteiger partial charge in [-0.05, 0) is 37.0 Å². The van der Waals surface area contributed by atoms with E-state index < -0.39 is 0 Å². The standard InChI is InChI=1S/C12H23NO/c1-9(2)11-5-12(6-11)13-7-10-3-4-14-8-10/h9-13H,3-8H2,1-2H3. The Labute approximate surface area is 87.4 Å². The fraction of sp³-hybridized carbons (Fsp3) is 1.00. The second-order valence-electron chi connectivity index (χ2n) is 5.31. The quantitative estimate of drug-likeness (QED) is 0.744. The molecule has 0 spiro atoms. The van der Waals surface area contributed by atoms with Crippen LogP contribution in [-0.2, 0) is 4.74 Å². The molecule has 0 radical (unpaired) electrons. The van der Waals surface area contributed by atoms with Crippen LogP contribution in [0.25, 0.3) is 0 Å². The summed E-state index contributed by atoms with van der Waals surface area (Å²) in [5.41, 5.74) is 0. The molecule has 1 N–H and O–H groups in total. The van der Waals surface area contributed by atoms with Gasteiger partial charge in [-0.2, -0.15) is 0 Å². The Morgan fingerprint density at radius 3 is 2.71 bits per heavy atom. The highest BCUT2D eigenvalue weighted by molar-refractivity contribution is 4.87. The average molecular weight is 197 g/mol. The zero-order valence-electron chi connectivity index (χ0n) is 9.46. The van der Waals surface area contributed by atoms with E-state index in [1.807, 2.05) is 0 Å². The molecule has 82 valence electrons. The summed E-state index contributed by atoms with van der Waals surface area (Å²) in [6.07, 6.45) is 4.05. The van der Waals surface area contributed by atoms with Crippen LogP contribution in [0.1, 0.15) is 33.1 Å². The summed E-state index contributed by atoms with van der Waals surface area (Å²) in [6.45, 7) is 7.81. The summed E-state index contributed by atoms with van der Waals surface area (Å²) < 4.78 is 5.36. The number of rotatable bonds is 4. The van der Waals surface area contributed by atoms with Gasteiger partial charge in [0.1, 0.15) is 0 Å². The smallest absolute Gasteiger partial charge is 0.0507 e. The Balaban J connectivity index is 1.55. The molecule has 1 heterocycles. The molecule has 1 aliphatic carbocycles. The highest BCUT2D eigenvalue weighted by Crippen LogP contribution is 2.33. The highest BCUT2D eigenvalue weighted by atomic mass is 16.5. The first kappa shape index (κ1) is 10.4. The van der Waals surface area contributed by atoms with Crippen LogP contribution in [0.2, 0.25) is 0 Å². The van der Waals surface area contributed by atoms with Crippen molar-refractivity contribution in [2.75, 3.05) is 19.8 Å². The molecule has 0 amide bonds. The molecule has 1 aliphatic heterocycles. The van der Waals surface area contributed by atoms with E-state index >= 15 is 0 Å². The van der Waals surface area contributed by atoms with Crippen molar-refractivity contribution < 1.29 is 4.74 Å². The minimum atomic E-state index is 0.785. The van der Waals surface area contributed by atoms with Crippen molar-refractivity contribution in [3.8, 4) is 0 Å². The SMILES string of the molecule is CC(C)C1CC(NCC2CCOC2)C1. The van der Waals surface area contributed by atoms with Crippen molar-refractivity contribution in [1.29, 1.82) is 0 Å². The molecular weight excluding hydrogens is 174 g/mol. The zero-order valence-corrected chi connectivity index (χ0v) is 9.46. The van der Waals surface area contributed by atoms with Gasteiger partial charge in [0.15, 0.2) is 0 Å². The first-order chi connectivity index (χ1) is 6.75. The molecule has 1 saturated carbocycles. The number of ether oxygens (including phenoxy) is 1. The third-order valence-electron chi connectivity index (χ3n) is 3.84. The van der Waals surface area contributed by atoms with Gasteiger partial charge in [-0.25, -0.2) is 0 Å². The van der Waals surface area contributed by atoms with Gasteiger partial charge in [-0.15, -0.1) is 0 Å². The number of hydrogen-bond donors (Lipinski definition) is 1. The normalized spacial score (nSPS) is 37.5. The van der Waals surface area contributed by atoms with Gasteiger partial charge in [0.25, 0.3) is 0 Å². The molecule has 2 aliphatic rings. The molecule has 0 bridgehead atoms. The Morgan fingerprint density at radius 1 is 1.36 bits per heavy atom. The molecule has 1 unspecified atom stereocenters. The van der Waals surface area contributed by atoms with Crippen LogP contribution < -0.4 is 5.32 Å². The summed E-state index contributed by atoms with van der Waals surface area (Å²) in [7, 11) is 0. The molecule has 2 fully saturated rings. The van der Waals surface area contributed by atoms with E-state index in [4.69, 9.17) is 4.74 Å². The van der Waals surface area contributed by atoms with E-state index in [2.05, 4.69) is 19.2 Å². The lowest BCUT2D eigenvalue weighted by Crippen LogP contribution is -2.44. The van der Waals surface area contributed by atoms with Gasteiger partial charge >= 0.3 is 0 Å². The van der Waals surface area contributed by atoms with Crippen LogP contribution in [0.5, 0.6) is 0 Å². The van der Waals surface area contributed by atoms with Crippen LogP contribution in [0.4, 0.5) is 0 Å². The second-order valence-corrected chi connectivity index (χ2v) is 5.31. The van der Waals surface area contributed by atoms with E-state index in [-0.39, 0.29) is 0 Å². The lowest BCUT2D eigenvalue weighted by Gasteiger charge is -2.39. The summed E-state index contributed by atoms with van der Waals surface area (Å²) in [6, 6.07) is 0.808. The largest absolute Gasteiger partial charge is 0.381 e. The van der Waals surface area contributed by atoms with E-state index in [1.54, 1.807) is 0 Å². The predicted molar refractivity (Wildman–Crippen MR) is 58.3 cm³/mol. The van der Waals surface area contributed by atoms with Crippen molar-refractivity contribution in [2.24, 2.45) is 17.8 Å². The van der Waals surface area contributed by atoms with Gasteiger partial charge in [-0.3, -0.25) is 0 Å². The Bertz CT molecular complexity index is 169. The van der Waals surface area contributed by atoms with E-state index in [9.17, 15) is 0 Å². The predicted octanol–water partition coefficient (Wildman–Crippen LogP) is 2.05. The highest BCUT2D eigenvalue weighted by Gasteiger charge is 2.31. The molecule has 1 atom stereocenters. The minimum Gasteiger partial charge on any atom is -0.381 e. The van der Waals surface area contributed by atoms with E-state index in [0.717, 1.165) is 37.0 Å². The van der Waals surface area contributed by atoms with Crippen LogP contribution in [0.3, 0.4) is 0 Å². The molecule has 0 aromatic carbocycles. The topological polar surface area (TPSA) is 21.3 Å². The van der Waals surface area contributed by atoms with Crippen molar-refractivity contribution >= 4 is 0 Å². The van der Waals surface area contributed by atoms with Crippen molar-refractivity contribution in [3.63, 3.8) is 0 Å². The fourth-order valence-electron chi connectivity index (χ4n) is 2.45. The molecular formula is C12H23NO. The maximum atomic E-state index is 5.36. The van der Waals surface area contributed by atoms with Crippen LogP contribution in [0, 0.1) is 17.8 Å². The lowest BCUT2D eigenvalue weighted by molar-refractivity contribution is 0.156. The molecule has 0 aromatic heterocycles. The third-order valence-corrected chi connectivity index (χ3v) is 3.84. The first-order valence-electron chi connectivity index (χ1n) is 6.07. The average Bonchev–Trinajstić information content (AvgIpc) is 2.52. The molecule has 14 heavy (non-hydrogen) atoms. The molecule has 2 rings (SSSR count). The minimum absolute atomic E-state index is 0.785. The fourth-order valence-corrected chi connectivity index (χ4v) is 2.45. The second kappa shape index (κ2) is 4.63. The third kappa shape index (κ3) is 2.48. The Hall–Kier alpha value is -0.0800. The summed E-state index contributed by atoms with van der Waals surface area (Å²) in [5, 5.41) is 3.67. The maximum Gasteiger partial charge on any atom is 0.0507 e. The van der Waals surface area contributed by atoms with Crippen molar-refractivity contribution in [2.45, 2.75) is 39.2 Å². The molecule has 1 saturated heterocycles. The van der Waals surface area contributed by atoms with Crippen LogP contribution in [-0.4, -0.2) is 25.8 Å². The molecule has 2 nitrogen and oxygen atoms in total. The summed E-state index contributed by atoms with van der Waals surface area (Å²) in [4.78, 5) is 0. The van der Waals surface area contributed by atoms with Crippen LogP contribution >= 0.6 is 0 Å². The summed E-state index contributed by atoms with van der Waals surface area (Å²) >= 11 is 0. The van der Waals surface area contributed by atoms with Gasteiger partial charge < -0.3 is 10.1 Å². The van der Waals surface area contributed by atoms with Gasteiger partial charge in [0.05, 0.1) is 6.61 Å².